The molecule has 10 heteroatoms. The second-order valence-electron chi connectivity index (χ2n) is 8.73. The van der Waals surface area contributed by atoms with Crippen molar-refractivity contribution in [1.29, 1.82) is 0 Å². The predicted molar refractivity (Wildman–Crippen MR) is 108 cm³/mol. The largest absolute Gasteiger partial charge is 0.410 e. The monoisotopic (exact) mass is 439 g/mol. The molecule has 1 unspecified atom stereocenters. The van der Waals surface area contributed by atoms with Crippen LogP contribution in [0.1, 0.15) is 80.5 Å². The van der Waals surface area contributed by atoms with Gasteiger partial charge in [0.2, 0.25) is 0 Å². The van der Waals surface area contributed by atoms with Crippen LogP contribution in [-0.2, 0) is 6.42 Å². The van der Waals surface area contributed by atoms with Gasteiger partial charge in [-0.15, -0.1) is 0 Å². The Balaban J connectivity index is 1.66. The van der Waals surface area contributed by atoms with Crippen molar-refractivity contribution in [1.82, 2.24) is 19.8 Å². The van der Waals surface area contributed by atoms with Crippen LogP contribution >= 0.6 is 0 Å². The van der Waals surface area contributed by atoms with Crippen molar-refractivity contribution < 1.29 is 22.5 Å². The van der Waals surface area contributed by atoms with Gasteiger partial charge in [0.25, 0.3) is 5.91 Å². The Morgan fingerprint density at radius 1 is 1.32 bits per heavy atom. The number of likely N-dealkylation sites (tertiary alicyclic amines) is 1. The van der Waals surface area contributed by atoms with Crippen LogP contribution in [0.15, 0.2) is 16.7 Å². The molecular formula is C21H28F3N5O2. The second kappa shape index (κ2) is 8.20. The lowest BCUT2D eigenvalue weighted by molar-refractivity contribution is -0.174. The minimum absolute atomic E-state index is 0.0460. The number of alkyl halides is 3. The maximum absolute atomic E-state index is 13.8. The van der Waals surface area contributed by atoms with Gasteiger partial charge >= 0.3 is 6.18 Å². The Bertz CT molecular complexity index is 936. The highest BCUT2D eigenvalue weighted by molar-refractivity contribution is 5.92. The summed E-state index contributed by atoms with van der Waals surface area (Å²) < 4.78 is 47.6. The van der Waals surface area contributed by atoms with E-state index in [4.69, 9.17) is 4.52 Å². The fraction of sp³-hybridized carbons (Fsp3) is 0.667. The average molecular weight is 439 g/mol. The van der Waals surface area contributed by atoms with E-state index >= 15 is 0 Å². The average Bonchev–Trinajstić information content (AvgIpc) is 3.38. The molecule has 2 aromatic rings. The lowest BCUT2D eigenvalue weighted by atomic mass is 9.94. The van der Waals surface area contributed by atoms with E-state index in [0.717, 1.165) is 17.5 Å². The number of carbonyl (C=O) groups excluding carboxylic acids is 1. The number of fused-ring (bicyclic) bond motifs is 1. The first-order valence-electron chi connectivity index (χ1n) is 10.9. The molecule has 0 saturated carbocycles. The van der Waals surface area contributed by atoms with Crippen molar-refractivity contribution >= 4 is 11.7 Å². The number of nitrogens with zero attached hydrogens (tertiary/aromatic N) is 4. The first-order chi connectivity index (χ1) is 14.7. The fourth-order valence-corrected chi connectivity index (χ4v) is 4.43. The Morgan fingerprint density at radius 2 is 2.10 bits per heavy atom. The number of aryl methyl sites for hydroxylation is 1. The molecule has 1 N–H and O–H groups in total. The van der Waals surface area contributed by atoms with Crippen LogP contribution in [0, 0.1) is 5.92 Å². The number of carbonyl (C=O) groups is 1. The first kappa shape index (κ1) is 21.7. The molecule has 2 aliphatic rings. The molecule has 1 fully saturated rings. The third-order valence-electron chi connectivity index (χ3n) is 6.27. The summed E-state index contributed by atoms with van der Waals surface area (Å²) in [5.74, 6) is 0.741. The van der Waals surface area contributed by atoms with E-state index < -0.39 is 18.3 Å². The van der Waals surface area contributed by atoms with Crippen LogP contribution in [0.3, 0.4) is 0 Å². The molecule has 3 atom stereocenters. The summed E-state index contributed by atoms with van der Waals surface area (Å²) in [7, 11) is 0. The van der Waals surface area contributed by atoms with Crippen LogP contribution < -0.4 is 5.32 Å². The van der Waals surface area contributed by atoms with Gasteiger partial charge in [0, 0.05) is 31.1 Å². The van der Waals surface area contributed by atoms with Gasteiger partial charge in [-0.05, 0) is 31.6 Å². The topological polar surface area (TPSA) is 76.2 Å². The number of hydrogen-bond acceptors (Lipinski definition) is 5. The van der Waals surface area contributed by atoms with Gasteiger partial charge in [-0.3, -0.25) is 4.79 Å². The van der Waals surface area contributed by atoms with Crippen molar-refractivity contribution in [3.63, 3.8) is 0 Å². The van der Waals surface area contributed by atoms with Gasteiger partial charge in [0.05, 0.1) is 11.7 Å². The summed E-state index contributed by atoms with van der Waals surface area (Å²) in [5, 5.41) is 11.5. The summed E-state index contributed by atoms with van der Waals surface area (Å²) in [6.07, 6.45) is -1.49. The van der Waals surface area contributed by atoms with Crippen molar-refractivity contribution in [2.75, 3.05) is 11.9 Å². The zero-order valence-corrected chi connectivity index (χ0v) is 17.9. The van der Waals surface area contributed by atoms with E-state index in [1.165, 1.54) is 0 Å². The number of halogens is 3. The van der Waals surface area contributed by atoms with Gasteiger partial charge in [0.1, 0.15) is 11.6 Å². The maximum atomic E-state index is 13.8. The highest BCUT2D eigenvalue weighted by atomic mass is 19.4. The zero-order valence-electron chi connectivity index (χ0n) is 17.9. The first-order valence-corrected chi connectivity index (χ1v) is 10.9. The molecule has 0 aliphatic carbocycles. The van der Waals surface area contributed by atoms with Gasteiger partial charge in [0.15, 0.2) is 11.7 Å². The van der Waals surface area contributed by atoms with E-state index in [1.807, 2.05) is 20.8 Å². The minimum Gasteiger partial charge on any atom is -0.367 e. The fourth-order valence-electron chi connectivity index (χ4n) is 4.43. The standard InChI is InChI=1S/C21H28F3N5O2/c1-4-13-9-16(27-31-13)20(30)28-8-6-5-7-17(28)15-11-19-25-14(12(2)3)10-18(21(22,23)24)29(19)26-15/h9,11-12,14,17-18,25H,4-8,10H2,1-3H3/t14-,17?,18+/m0/s1. The molecule has 31 heavy (non-hydrogen) atoms. The van der Waals surface area contributed by atoms with Crippen molar-refractivity contribution in [2.24, 2.45) is 5.92 Å². The van der Waals surface area contributed by atoms with E-state index in [-0.39, 0.29) is 30.0 Å². The maximum Gasteiger partial charge on any atom is 0.410 e. The predicted octanol–water partition coefficient (Wildman–Crippen LogP) is 4.74. The third kappa shape index (κ3) is 4.16. The summed E-state index contributed by atoms with van der Waals surface area (Å²) in [4.78, 5) is 14.8. The lowest BCUT2D eigenvalue weighted by Gasteiger charge is -2.35. The minimum atomic E-state index is -4.40. The molecule has 1 amide bonds. The smallest absolute Gasteiger partial charge is 0.367 e. The van der Waals surface area contributed by atoms with E-state index in [9.17, 15) is 18.0 Å². The van der Waals surface area contributed by atoms with Gasteiger partial charge in [-0.25, -0.2) is 4.68 Å². The molecule has 0 bridgehead atoms. The number of nitrogens with one attached hydrogen (secondary N) is 1. The summed E-state index contributed by atoms with van der Waals surface area (Å²) in [6.45, 7) is 6.22. The molecule has 2 aliphatic heterocycles. The molecule has 7 nitrogen and oxygen atoms in total. The Labute approximate surface area is 178 Å². The number of amides is 1. The number of aromatic nitrogens is 3. The van der Waals surface area contributed by atoms with Gasteiger partial charge < -0.3 is 14.7 Å². The van der Waals surface area contributed by atoms with Crippen LogP contribution in [0.2, 0.25) is 0 Å². The van der Waals surface area contributed by atoms with Crippen molar-refractivity contribution in [3.05, 3.63) is 29.3 Å². The van der Waals surface area contributed by atoms with Crippen LogP contribution in [-0.4, -0.2) is 44.5 Å². The van der Waals surface area contributed by atoms with Crippen LogP contribution in [0.25, 0.3) is 0 Å². The van der Waals surface area contributed by atoms with Crippen LogP contribution in [0.5, 0.6) is 0 Å². The lowest BCUT2D eigenvalue weighted by Crippen LogP contribution is -2.41. The van der Waals surface area contributed by atoms with E-state index in [0.29, 0.717) is 36.7 Å². The molecule has 4 heterocycles. The Hall–Kier alpha value is -2.52. The van der Waals surface area contributed by atoms with Crippen molar-refractivity contribution in [2.45, 2.75) is 77.2 Å². The van der Waals surface area contributed by atoms with Crippen molar-refractivity contribution in [3.8, 4) is 0 Å². The Morgan fingerprint density at radius 3 is 2.74 bits per heavy atom. The van der Waals surface area contributed by atoms with Gasteiger partial charge in [-0.1, -0.05) is 25.9 Å². The summed E-state index contributed by atoms with van der Waals surface area (Å²) in [6, 6.07) is 0.926. The number of hydrogen-bond donors (Lipinski definition) is 1. The molecule has 170 valence electrons. The summed E-state index contributed by atoms with van der Waals surface area (Å²) >= 11 is 0. The van der Waals surface area contributed by atoms with Gasteiger partial charge in [-0.2, -0.15) is 18.3 Å². The Kier molecular flexibility index (Phi) is 5.74. The van der Waals surface area contributed by atoms with E-state index in [2.05, 4.69) is 15.6 Å². The highest BCUT2D eigenvalue weighted by Gasteiger charge is 2.47. The summed E-state index contributed by atoms with van der Waals surface area (Å²) in [5.41, 5.74) is 0.701. The van der Waals surface area contributed by atoms with Crippen LogP contribution in [0.4, 0.5) is 19.0 Å². The van der Waals surface area contributed by atoms with E-state index in [1.54, 1.807) is 17.0 Å². The quantitative estimate of drug-likeness (QED) is 0.744. The SMILES string of the molecule is CCc1cc(C(=O)N2CCCCC2c2cc3n(n2)[C@@H](C(F)(F)F)C[C@@H](C(C)C)N3)no1. The molecule has 0 aromatic carbocycles. The molecule has 0 radical (unpaired) electrons. The normalized spacial score (nSPS) is 24.2. The highest BCUT2D eigenvalue weighted by Crippen LogP contribution is 2.42. The molecule has 4 rings (SSSR count). The number of rotatable bonds is 4. The molecule has 1 saturated heterocycles. The number of piperidine rings is 1. The molecule has 2 aromatic heterocycles. The number of anilines is 1. The zero-order chi connectivity index (χ0) is 22.3. The molecular weight excluding hydrogens is 411 g/mol. The second-order valence-corrected chi connectivity index (χ2v) is 8.73. The third-order valence-corrected chi connectivity index (χ3v) is 6.27. The molecule has 0 spiro atoms.